The number of hydrogen-bond donors (Lipinski definition) is 1. The minimum Gasteiger partial charge on any atom is -0.487 e. The van der Waals surface area contributed by atoms with Gasteiger partial charge in [-0.25, -0.2) is 0 Å². The highest BCUT2D eigenvalue weighted by Gasteiger charge is 2.11. The maximum absolute atomic E-state index is 12.1. The van der Waals surface area contributed by atoms with Gasteiger partial charge in [-0.05, 0) is 12.1 Å². The minimum atomic E-state index is -0.930. The molecular formula is C14H20N2O5. The van der Waals surface area contributed by atoms with Crippen LogP contribution in [-0.4, -0.2) is 60.0 Å². The molecule has 21 heavy (non-hydrogen) atoms. The quantitative estimate of drug-likeness (QED) is 0.765. The van der Waals surface area contributed by atoms with E-state index in [0.29, 0.717) is 6.61 Å². The number of aromatic nitrogens is 1. The smallest absolute Gasteiger partial charge is 0.305 e. The summed E-state index contributed by atoms with van der Waals surface area (Å²) in [7, 11) is 0. The highest BCUT2D eigenvalue weighted by Crippen LogP contribution is 2.03. The number of ether oxygens (including phenoxy) is 2. The molecule has 7 heteroatoms. The third-order valence-electron chi connectivity index (χ3n) is 3.32. The van der Waals surface area contributed by atoms with Crippen LogP contribution in [0.5, 0.6) is 5.75 Å². The molecule has 0 radical (unpaired) electrons. The third kappa shape index (κ3) is 4.87. The van der Waals surface area contributed by atoms with Crippen LogP contribution in [0.4, 0.5) is 0 Å². The van der Waals surface area contributed by atoms with Crippen LogP contribution in [0, 0.1) is 0 Å². The van der Waals surface area contributed by atoms with Crippen molar-refractivity contribution >= 4 is 5.97 Å². The van der Waals surface area contributed by atoms with Crippen molar-refractivity contribution in [1.82, 2.24) is 9.47 Å². The number of hydrogen-bond acceptors (Lipinski definition) is 5. The maximum Gasteiger partial charge on any atom is 0.305 e. The molecule has 1 fully saturated rings. The lowest BCUT2D eigenvalue weighted by Gasteiger charge is -2.26. The van der Waals surface area contributed by atoms with Gasteiger partial charge in [0.15, 0.2) is 5.75 Å². The highest BCUT2D eigenvalue weighted by molar-refractivity contribution is 5.66. The summed E-state index contributed by atoms with van der Waals surface area (Å²) in [6.45, 7) is 4.53. The monoisotopic (exact) mass is 296 g/mol. The average molecular weight is 296 g/mol. The van der Waals surface area contributed by atoms with Crippen LogP contribution in [0.25, 0.3) is 0 Å². The lowest BCUT2D eigenvalue weighted by molar-refractivity contribution is -0.137. The van der Waals surface area contributed by atoms with Crippen LogP contribution in [0.15, 0.2) is 23.1 Å². The first-order chi connectivity index (χ1) is 10.2. The van der Waals surface area contributed by atoms with E-state index < -0.39 is 5.97 Å². The van der Waals surface area contributed by atoms with Gasteiger partial charge in [-0.15, -0.1) is 0 Å². The fourth-order valence-corrected chi connectivity index (χ4v) is 2.13. The zero-order valence-corrected chi connectivity index (χ0v) is 11.9. The average Bonchev–Trinajstić information content (AvgIpc) is 2.49. The van der Waals surface area contributed by atoms with E-state index in [0.717, 1.165) is 32.8 Å². The van der Waals surface area contributed by atoms with Crippen LogP contribution < -0.4 is 10.3 Å². The van der Waals surface area contributed by atoms with E-state index in [9.17, 15) is 9.59 Å². The molecule has 0 bridgehead atoms. The van der Waals surface area contributed by atoms with Crippen molar-refractivity contribution < 1.29 is 19.4 Å². The summed E-state index contributed by atoms with van der Waals surface area (Å²) < 4.78 is 12.1. The van der Waals surface area contributed by atoms with E-state index in [1.165, 1.54) is 4.57 Å². The molecule has 0 spiro atoms. The molecule has 7 nitrogen and oxygen atoms in total. The summed E-state index contributed by atoms with van der Waals surface area (Å²) in [4.78, 5) is 24.8. The predicted octanol–water partition coefficient (Wildman–Crippen LogP) is 0.0340. The zero-order chi connectivity index (χ0) is 15.1. The Morgan fingerprint density at radius 2 is 2.10 bits per heavy atom. The van der Waals surface area contributed by atoms with Gasteiger partial charge in [-0.2, -0.15) is 0 Å². The van der Waals surface area contributed by atoms with Gasteiger partial charge < -0.3 is 19.1 Å². The lowest BCUT2D eigenvalue weighted by atomic mass is 10.4. The summed E-state index contributed by atoms with van der Waals surface area (Å²) in [5, 5.41) is 8.66. The van der Waals surface area contributed by atoms with Crippen molar-refractivity contribution in [3.05, 3.63) is 28.7 Å². The van der Waals surface area contributed by atoms with Crippen molar-refractivity contribution in [2.24, 2.45) is 0 Å². The first kappa shape index (κ1) is 15.5. The number of carbonyl (C=O) groups is 1. The van der Waals surface area contributed by atoms with Crippen molar-refractivity contribution in [2.45, 2.75) is 13.0 Å². The van der Waals surface area contributed by atoms with Crippen LogP contribution in [-0.2, 0) is 16.1 Å². The second kappa shape index (κ2) is 7.80. The van der Waals surface area contributed by atoms with Gasteiger partial charge >= 0.3 is 5.97 Å². The Bertz CT molecular complexity index is 522. The molecule has 0 saturated carbocycles. The van der Waals surface area contributed by atoms with E-state index in [1.54, 1.807) is 18.3 Å². The molecule has 1 aromatic heterocycles. The van der Waals surface area contributed by atoms with Crippen LogP contribution in [0.2, 0.25) is 0 Å². The topological polar surface area (TPSA) is 81.0 Å². The molecule has 1 aliphatic rings. The molecule has 0 aliphatic carbocycles. The van der Waals surface area contributed by atoms with Crippen LogP contribution in [0.3, 0.4) is 0 Å². The molecule has 116 valence electrons. The number of aryl methyl sites for hydroxylation is 1. The second-order valence-electron chi connectivity index (χ2n) is 4.82. The summed E-state index contributed by atoms with van der Waals surface area (Å²) in [5.41, 5.74) is -0.291. The van der Waals surface area contributed by atoms with Crippen molar-refractivity contribution in [3.8, 4) is 5.75 Å². The number of rotatable bonds is 7. The van der Waals surface area contributed by atoms with Crippen molar-refractivity contribution in [3.63, 3.8) is 0 Å². The van der Waals surface area contributed by atoms with Crippen molar-refractivity contribution in [1.29, 1.82) is 0 Å². The number of morpholine rings is 1. The Kier molecular flexibility index (Phi) is 5.77. The number of nitrogens with zero attached hydrogens (tertiary/aromatic N) is 2. The minimum absolute atomic E-state index is 0.0862. The fourth-order valence-electron chi connectivity index (χ4n) is 2.13. The maximum atomic E-state index is 12.1. The van der Waals surface area contributed by atoms with Crippen LogP contribution >= 0.6 is 0 Å². The summed E-state index contributed by atoms with van der Waals surface area (Å²) in [6.07, 6.45) is 1.48. The standard InChI is InChI=1S/C14H20N2O5/c17-13(18)3-5-16-4-1-2-12(14(16)19)21-11-8-15-6-9-20-10-7-15/h1-2,4H,3,5-11H2,(H,17,18). The van der Waals surface area contributed by atoms with E-state index in [1.807, 2.05) is 0 Å². The Morgan fingerprint density at radius 1 is 1.33 bits per heavy atom. The Morgan fingerprint density at radius 3 is 2.81 bits per heavy atom. The number of carboxylic acids is 1. The van der Waals surface area contributed by atoms with Crippen LogP contribution in [0.1, 0.15) is 6.42 Å². The largest absolute Gasteiger partial charge is 0.487 e. The third-order valence-corrected chi connectivity index (χ3v) is 3.32. The predicted molar refractivity (Wildman–Crippen MR) is 75.7 cm³/mol. The Balaban J connectivity index is 1.86. The summed E-state index contributed by atoms with van der Waals surface area (Å²) in [6, 6.07) is 3.30. The SMILES string of the molecule is O=C(O)CCn1cccc(OCCN2CCOCC2)c1=O. The molecule has 2 heterocycles. The molecule has 1 aliphatic heterocycles. The Labute approximate surface area is 122 Å². The molecular weight excluding hydrogens is 276 g/mol. The molecule has 0 atom stereocenters. The number of aliphatic carboxylic acids is 1. The van der Waals surface area contributed by atoms with Crippen molar-refractivity contribution in [2.75, 3.05) is 39.5 Å². The van der Waals surface area contributed by atoms with Gasteiger partial charge in [-0.3, -0.25) is 14.5 Å². The van der Waals surface area contributed by atoms with E-state index in [4.69, 9.17) is 14.6 Å². The molecule has 1 aromatic rings. The first-order valence-electron chi connectivity index (χ1n) is 7.01. The van der Waals surface area contributed by atoms with Gasteiger partial charge in [0.1, 0.15) is 6.61 Å². The van der Waals surface area contributed by atoms with E-state index >= 15 is 0 Å². The molecule has 1 saturated heterocycles. The number of pyridine rings is 1. The van der Waals surface area contributed by atoms with Gasteiger partial charge in [0, 0.05) is 32.4 Å². The van der Waals surface area contributed by atoms with Gasteiger partial charge in [0.25, 0.3) is 5.56 Å². The summed E-state index contributed by atoms with van der Waals surface area (Å²) in [5.74, 6) is -0.670. The molecule has 0 aromatic carbocycles. The van der Waals surface area contributed by atoms with E-state index in [2.05, 4.69) is 4.90 Å². The first-order valence-corrected chi connectivity index (χ1v) is 7.01. The van der Waals surface area contributed by atoms with Gasteiger partial charge in [-0.1, -0.05) is 0 Å². The normalized spacial score (nSPS) is 15.8. The van der Waals surface area contributed by atoms with Gasteiger partial charge in [0.2, 0.25) is 0 Å². The molecule has 1 N–H and O–H groups in total. The molecule has 0 unspecified atom stereocenters. The number of carboxylic acid groups (broad SMARTS) is 1. The molecule has 2 rings (SSSR count). The Hall–Kier alpha value is -1.86. The second-order valence-corrected chi connectivity index (χ2v) is 4.82. The zero-order valence-electron chi connectivity index (χ0n) is 11.9. The lowest BCUT2D eigenvalue weighted by Crippen LogP contribution is -2.39. The fraction of sp³-hybridized carbons (Fsp3) is 0.571. The molecule has 0 amide bonds. The van der Waals surface area contributed by atoms with E-state index in [-0.39, 0.29) is 24.3 Å². The highest BCUT2D eigenvalue weighted by atomic mass is 16.5. The summed E-state index contributed by atoms with van der Waals surface area (Å²) >= 11 is 0. The van der Waals surface area contributed by atoms with Gasteiger partial charge in [0.05, 0.1) is 19.6 Å².